The molecule has 0 aliphatic rings. The normalized spacial score (nSPS) is 11.4. The van der Waals surface area contributed by atoms with Crippen molar-refractivity contribution in [1.29, 1.82) is 5.26 Å². The smallest absolute Gasteiger partial charge is 0.104 e. The van der Waals surface area contributed by atoms with E-state index in [0.717, 1.165) is 111 Å². The molecule has 0 radical (unpaired) electrons. The predicted octanol–water partition coefficient (Wildman–Crippen LogP) is 16.1. The minimum Gasteiger partial charge on any atom is -0.308 e. The Hall–Kier alpha value is -8.71. The molecule has 0 unspecified atom stereocenters. The van der Waals surface area contributed by atoms with Gasteiger partial charge in [0.25, 0.3) is 0 Å². The first-order chi connectivity index (χ1) is 31.7. The summed E-state index contributed by atoms with van der Waals surface area (Å²) >= 11 is 0. The van der Waals surface area contributed by atoms with Gasteiger partial charge in [0.15, 0.2) is 0 Å². The lowest BCUT2D eigenvalue weighted by Gasteiger charge is -2.19. The number of aromatic nitrogens is 2. The lowest BCUT2D eigenvalue weighted by atomic mass is 9.99. The third kappa shape index (κ3) is 6.20. The van der Waals surface area contributed by atoms with Crippen LogP contribution in [-0.2, 0) is 0 Å². The Labute approximate surface area is 371 Å². The molecule has 10 aromatic carbocycles. The summed E-state index contributed by atoms with van der Waals surface area (Å²) < 4.78 is 4.66. The van der Waals surface area contributed by atoms with Crippen molar-refractivity contribution in [2.75, 3.05) is 0 Å². The van der Waals surface area contributed by atoms with Gasteiger partial charge < -0.3 is 9.13 Å². The topological polar surface area (TPSA) is 33.6 Å². The average molecular weight is 814 g/mol. The van der Waals surface area contributed by atoms with Crippen LogP contribution >= 0.6 is 0 Å². The van der Waals surface area contributed by atoms with Crippen molar-refractivity contribution in [3.05, 3.63) is 242 Å². The summed E-state index contributed by atoms with van der Waals surface area (Å²) in [5.74, 6) is 0. The van der Waals surface area contributed by atoms with Gasteiger partial charge >= 0.3 is 0 Å². The van der Waals surface area contributed by atoms with Crippen molar-refractivity contribution in [1.82, 2.24) is 9.13 Å². The Morgan fingerprint density at radius 3 is 0.906 bits per heavy atom. The van der Waals surface area contributed by atoms with E-state index in [0.29, 0.717) is 5.56 Å². The Bertz CT molecular complexity index is 3520. The fourth-order valence-electron chi connectivity index (χ4n) is 9.68. The first-order valence-electron chi connectivity index (χ1n) is 21.7. The molecule has 0 aliphatic carbocycles. The molecule has 0 fully saturated rings. The van der Waals surface area contributed by atoms with E-state index in [9.17, 15) is 5.26 Å². The molecule has 298 valence electrons. The molecular formula is C61H39N3. The van der Waals surface area contributed by atoms with Crippen LogP contribution in [0, 0.1) is 11.3 Å². The van der Waals surface area contributed by atoms with E-state index >= 15 is 0 Å². The van der Waals surface area contributed by atoms with Gasteiger partial charge in [0, 0.05) is 21.5 Å². The molecule has 0 N–H and O–H groups in total. The van der Waals surface area contributed by atoms with Gasteiger partial charge in [-0.05, 0) is 104 Å². The second-order valence-corrected chi connectivity index (χ2v) is 16.4. The molecule has 2 aromatic heterocycles. The van der Waals surface area contributed by atoms with E-state index in [1.807, 2.05) is 0 Å². The molecule has 0 amide bonds. The maximum Gasteiger partial charge on any atom is 0.104 e. The van der Waals surface area contributed by atoms with Gasteiger partial charge in [0.1, 0.15) is 11.6 Å². The Morgan fingerprint density at radius 2 is 0.562 bits per heavy atom. The maximum absolute atomic E-state index is 11.7. The third-order valence-electron chi connectivity index (χ3n) is 12.8. The number of fused-ring (bicyclic) bond motifs is 6. The Balaban J connectivity index is 1.20. The molecule has 0 bridgehead atoms. The summed E-state index contributed by atoms with van der Waals surface area (Å²) in [5, 5.41) is 16.2. The van der Waals surface area contributed by atoms with Crippen LogP contribution < -0.4 is 0 Å². The van der Waals surface area contributed by atoms with Crippen molar-refractivity contribution in [3.63, 3.8) is 0 Å². The van der Waals surface area contributed by atoms with Crippen LogP contribution in [-0.4, -0.2) is 9.13 Å². The highest BCUT2D eigenvalue weighted by molar-refractivity contribution is 6.13. The summed E-state index contributed by atoms with van der Waals surface area (Å²) in [6.07, 6.45) is 0. The minimum atomic E-state index is 0.590. The van der Waals surface area contributed by atoms with Crippen LogP contribution in [0.1, 0.15) is 5.56 Å². The van der Waals surface area contributed by atoms with E-state index in [1.54, 1.807) is 0 Å². The highest BCUT2D eigenvalue weighted by Crippen LogP contribution is 2.43. The van der Waals surface area contributed by atoms with Crippen LogP contribution in [0.25, 0.3) is 111 Å². The van der Waals surface area contributed by atoms with Crippen molar-refractivity contribution in [2.45, 2.75) is 0 Å². The molecular weight excluding hydrogens is 775 g/mol. The van der Waals surface area contributed by atoms with Gasteiger partial charge in [-0.1, -0.05) is 188 Å². The average Bonchev–Trinajstić information content (AvgIpc) is 3.88. The molecule has 0 atom stereocenters. The number of benzene rings is 10. The Kier molecular flexibility index (Phi) is 8.88. The molecule has 12 aromatic rings. The number of hydrogen-bond acceptors (Lipinski definition) is 1. The number of nitrogens with zero attached hydrogens (tertiary/aromatic N) is 3. The standard InChI is InChI=1S/C61H39N3/c62-40-55-60(63-56-32-28-46(41-16-6-1-7-17-41)34-53(56)51-30-26-48(36-58(51)63)43-20-10-3-11-21-43)38-50(45-24-14-5-15-25-45)39-61(55)64-57-33-29-47(42-18-8-2-9-19-42)35-54(57)52-31-27-49(37-59(52)64)44-22-12-4-13-23-44/h1-39H. The zero-order chi connectivity index (χ0) is 42.6. The molecule has 0 saturated carbocycles. The predicted molar refractivity (Wildman–Crippen MR) is 267 cm³/mol. The van der Waals surface area contributed by atoms with E-state index in [4.69, 9.17) is 0 Å². The van der Waals surface area contributed by atoms with Crippen molar-refractivity contribution in [2.24, 2.45) is 0 Å². The molecule has 3 nitrogen and oxygen atoms in total. The van der Waals surface area contributed by atoms with E-state index in [2.05, 4.69) is 252 Å². The fraction of sp³-hybridized carbons (Fsp3) is 0. The zero-order valence-electron chi connectivity index (χ0n) is 34.9. The second-order valence-electron chi connectivity index (χ2n) is 16.4. The lowest BCUT2D eigenvalue weighted by molar-refractivity contribution is 1.12. The first kappa shape index (κ1) is 37.1. The zero-order valence-corrected chi connectivity index (χ0v) is 34.9. The third-order valence-corrected chi connectivity index (χ3v) is 12.8. The van der Waals surface area contributed by atoms with Crippen LogP contribution in [0.3, 0.4) is 0 Å². The van der Waals surface area contributed by atoms with Crippen molar-refractivity contribution < 1.29 is 0 Å². The Morgan fingerprint density at radius 1 is 0.250 bits per heavy atom. The van der Waals surface area contributed by atoms with E-state index in [-0.39, 0.29) is 0 Å². The van der Waals surface area contributed by atoms with Gasteiger partial charge in [0.05, 0.1) is 33.4 Å². The number of nitriles is 1. The summed E-state index contributed by atoms with van der Waals surface area (Å²) in [6.45, 7) is 0. The fourth-order valence-corrected chi connectivity index (χ4v) is 9.68. The number of rotatable bonds is 7. The molecule has 2 heterocycles. The van der Waals surface area contributed by atoms with Crippen LogP contribution in [0.2, 0.25) is 0 Å². The summed E-state index contributed by atoms with van der Waals surface area (Å²) in [5.41, 5.74) is 17.6. The highest BCUT2D eigenvalue weighted by atomic mass is 15.0. The van der Waals surface area contributed by atoms with E-state index < -0.39 is 0 Å². The SMILES string of the molecule is N#Cc1c(-n2c3ccc(-c4ccccc4)cc3c3ccc(-c4ccccc4)cc32)cc(-c2ccccc2)cc1-n1c2ccc(-c3ccccc3)cc2c2ccc(-c3ccccc3)cc21. The molecule has 0 saturated heterocycles. The first-order valence-corrected chi connectivity index (χ1v) is 21.7. The van der Waals surface area contributed by atoms with E-state index in [1.165, 1.54) is 0 Å². The van der Waals surface area contributed by atoms with Crippen LogP contribution in [0.5, 0.6) is 0 Å². The van der Waals surface area contributed by atoms with Crippen molar-refractivity contribution in [3.8, 4) is 73.1 Å². The largest absolute Gasteiger partial charge is 0.308 e. The lowest BCUT2D eigenvalue weighted by Crippen LogP contribution is -2.05. The molecule has 0 spiro atoms. The quantitative estimate of drug-likeness (QED) is 0.158. The minimum absolute atomic E-state index is 0.590. The molecule has 64 heavy (non-hydrogen) atoms. The van der Waals surface area contributed by atoms with Gasteiger partial charge in [-0.2, -0.15) is 5.26 Å². The molecule has 3 heteroatoms. The number of hydrogen-bond donors (Lipinski definition) is 0. The van der Waals surface area contributed by atoms with Crippen molar-refractivity contribution >= 4 is 43.6 Å². The summed E-state index contributed by atoms with van der Waals surface area (Å²) in [6, 6.07) is 87.0. The van der Waals surface area contributed by atoms with Gasteiger partial charge in [-0.15, -0.1) is 0 Å². The van der Waals surface area contributed by atoms with Gasteiger partial charge in [-0.25, -0.2) is 0 Å². The molecule has 0 aliphatic heterocycles. The van der Waals surface area contributed by atoms with Crippen LogP contribution in [0.4, 0.5) is 0 Å². The van der Waals surface area contributed by atoms with Crippen LogP contribution in [0.15, 0.2) is 237 Å². The molecule has 12 rings (SSSR count). The van der Waals surface area contributed by atoms with Gasteiger partial charge in [-0.3, -0.25) is 0 Å². The summed E-state index contributed by atoms with van der Waals surface area (Å²) in [4.78, 5) is 0. The second kappa shape index (κ2) is 15.3. The highest BCUT2D eigenvalue weighted by Gasteiger charge is 2.24. The maximum atomic E-state index is 11.7. The van der Waals surface area contributed by atoms with Gasteiger partial charge in [0.2, 0.25) is 0 Å². The monoisotopic (exact) mass is 813 g/mol. The summed E-state index contributed by atoms with van der Waals surface area (Å²) in [7, 11) is 0.